The topological polar surface area (TPSA) is 74.5 Å². The van der Waals surface area contributed by atoms with Gasteiger partial charge in [0.25, 0.3) is 0 Å². The number of guanidine groups is 1. The summed E-state index contributed by atoms with van der Waals surface area (Å²) in [5, 5.41) is 16.1. The van der Waals surface area contributed by atoms with Crippen molar-refractivity contribution in [1.82, 2.24) is 20.2 Å². The van der Waals surface area contributed by atoms with E-state index in [1.807, 2.05) is 0 Å². The van der Waals surface area contributed by atoms with Crippen molar-refractivity contribution >= 4 is 5.96 Å². The van der Waals surface area contributed by atoms with Crippen LogP contribution in [0.4, 0.5) is 22.0 Å². The van der Waals surface area contributed by atoms with Gasteiger partial charge in [-0.1, -0.05) is 6.07 Å². The predicted molar refractivity (Wildman–Crippen MR) is 102 cm³/mol. The zero-order valence-corrected chi connectivity index (χ0v) is 16.8. The molecule has 0 fully saturated rings. The van der Waals surface area contributed by atoms with Crippen LogP contribution in [0.2, 0.25) is 0 Å². The molecule has 0 bridgehead atoms. The molecule has 1 aromatic carbocycles. The van der Waals surface area contributed by atoms with Crippen LogP contribution in [0.15, 0.2) is 35.6 Å². The highest BCUT2D eigenvalue weighted by molar-refractivity contribution is 5.80. The van der Waals surface area contributed by atoms with Crippen LogP contribution >= 0.6 is 0 Å². The van der Waals surface area contributed by atoms with Crippen LogP contribution in [0.5, 0.6) is 0 Å². The molecule has 0 aliphatic carbocycles. The van der Waals surface area contributed by atoms with E-state index in [0.29, 0.717) is 12.1 Å². The van der Waals surface area contributed by atoms with Crippen LogP contribution < -0.4 is 10.6 Å². The molecular weight excluding hydrogens is 409 g/mol. The van der Waals surface area contributed by atoms with Gasteiger partial charge in [0, 0.05) is 39.0 Å². The monoisotopic (exact) mass is 433 g/mol. The van der Waals surface area contributed by atoms with E-state index in [1.54, 1.807) is 13.8 Å². The minimum absolute atomic E-state index is 0.166. The Hall–Kier alpha value is -2.69. The summed E-state index contributed by atoms with van der Waals surface area (Å²) in [6.07, 6.45) is -3.22. The van der Waals surface area contributed by atoms with Gasteiger partial charge in [0.1, 0.15) is 5.82 Å². The lowest BCUT2D eigenvalue weighted by atomic mass is 9.98. The van der Waals surface area contributed by atoms with Crippen molar-refractivity contribution in [3.8, 4) is 0 Å². The zero-order chi connectivity index (χ0) is 22.5. The predicted octanol–water partition coefficient (Wildman–Crippen LogP) is 3.15. The van der Waals surface area contributed by atoms with Crippen LogP contribution in [-0.4, -0.2) is 39.9 Å². The van der Waals surface area contributed by atoms with Crippen LogP contribution in [-0.2, 0) is 12.6 Å². The third-order valence-corrected chi connectivity index (χ3v) is 4.54. The van der Waals surface area contributed by atoms with Gasteiger partial charge in [-0.3, -0.25) is 4.99 Å². The Morgan fingerprint density at radius 2 is 1.97 bits per heavy atom. The lowest BCUT2D eigenvalue weighted by Crippen LogP contribution is -2.45. The molecule has 0 aliphatic heterocycles. The van der Waals surface area contributed by atoms with E-state index in [2.05, 4.69) is 20.6 Å². The molecule has 1 heterocycles. The first-order valence-electron chi connectivity index (χ1n) is 9.26. The second kappa shape index (κ2) is 9.41. The third kappa shape index (κ3) is 5.26. The van der Waals surface area contributed by atoms with Crippen LogP contribution in [0.25, 0.3) is 0 Å². The number of nitrogens with zero attached hydrogens (tertiary/aromatic N) is 3. The maximum Gasteiger partial charge on any atom is 0.424 e. The second-order valence-electron chi connectivity index (χ2n) is 6.77. The third-order valence-electron chi connectivity index (χ3n) is 4.54. The van der Waals surface area contributed by atoms with E-state index in [1.165, 1.54) is 25.5 Å². The number of aliphatic hydroxyl groups is 1. The summed E-state index contributed by atoms with van der Waals surface area (Å²) < 4.78 is 68.4. The first-order chi connectivity index (χ1) is 14.0. The number of aryl methyl sites for hydroxylation is 1. The van der Waals surface area contributed by atoms with Gasteiger partial charge in [-0.25, -0.2) is 13.8 Å². The molecule has 30 heavy (non-hydrogen) atoms. The van der Waals surface area contributed by atoms with Gasteiger partial charge >= 0.3 is 6.18 Å². The smallest absolute Gasteiger partial charge is 0.374 e. The summed E-state index contributed by atoms with van der Waals surface area (Å²) in [6.45, 7) is 3.47. The van der Waals surface area contributed by atoms with E-state index < -0.39 is 41.7 Å². The number of halogens is 5. The van der Waals surface area contributed by atoms with Crippen molar-refractivity contribution < 1.29 is 27.1 Å². The van der Waals surface area contributed by atoms with Gasteiger partial charge in [-0.2, -0.15) is 13.2 Å². The highest BCUT2D eigenvalue weighted by Crippen LogP contribution is 2.40. The number of aromatic nitrogens is 2. The number of benzene rings is 1. The SMILES string of the molecule is CCNC(=NCCC(O)(c1nccn1C)C(F)(F)F)NC(C)c1ccc(F)c(F)c1. The van der Waals surface area contributed by atoms with Gasteiger partial charge in [-0.15, -0.1) is 0 Å². The number of hydrogen-bond donors (Lipinski definition) is 3. The molecule has 1 aromatic heterocycles. The standard InChI is InChI=1S/C19H24F5N5O/c1-4-25-17(28-12(2)13-5-6-14(20)15(21)11-13)27-8-7-18(30,19(22,23)24)16-26-9-10-29(16)3/h5-6,9-12,30H,4,7-8H2,1-3H3,(H2,25,27,28). The summed E-state index contributed by atoms with van der Waals surface area (Å²) >= 11 is 0. The van der Waals surface area contributed by atoms with Crippen LogP contribution in [0.1, 0.15) is 37.7 Å². The number of hydrogen-bond acceptors (Lipinski definition) is 3. The molecule has 166 valence electrons. The number of nitrogens with one attached hydrogen (secondary N) is 2. The summed E-state index contributed by atoms with van der Waals surface area (Å²) in [5.41, 5.74) is -2.74. The molecular formula is C19H24F5N5O. The van der Waals surface area contributed by atoms with E-state index in [4.69, 9.17) is 0 Å². The molecule has 0 saturated heterocycles. The quantitative estimate of drug-likeness (QED) is 0.356. The minimum atomic E-state index is -4.95. The summed E-state index contributed by atoms with van der Waals surface area (Å²) in [4.78, 5) is 7.73. The second-order valence-corrected chi connectivity index (χ2v) is 6.77. The first kappa shape index (κ1) is 23.6. The largest absolute Gasteiger partial charge is 0.424 e. The summed E-state index contributed by atoms with van der Waals surface area (Å²) in [6, 6.07) is 2.90. The number of aliphatic imine (C=N–C) groups is 1. The molecule has 0 spiro atoms. The molecule has 2 aromatic rings. The molecule has 6 nitrogen and oxygen atoms in total. The average Bonchev–Trinajstić information content (AvgIpc) is 3.09. The first-order valence-corrected chi connectivity index (χ1v) is 9.26. The fourth-order valence-electron chi connectivity index (χ4n) is 2.86. The minimum Gasteiger partial charge on any atom is -0.374 e. The highest BCUT2D eigenvalue weighted by Gasteiger charge is 2.57. The van der Waals surface area contributed by atoms with Crippen molar-refractivity contribution in [2.45, 2.75) is 38.1 Å². The van der Waals surface area contributed by atoms with E-state index in [9.17, 15) is 27.1 Å². The molecule has 2 atom stereocenters. The molecule has 11 heteroatoms. The van der Waals surface area contributed by atoms with Crippen LogP contribution in [0, 0.1) is 11.6 Å². The molecule has 2 unspecified atom stereocenters. The molecule has 0 aliphatic rings. The van der Waals surface area contributed by atoms with E-state index in [-0.39, 0.29) is 12.5 Å². The maximum absolute atomic E-state index is 13.6. The molecule has 2 rings (SSSR count). The summed E-state index contributed by atoms with van der Waals surface area (Å²) in [5.74, 6) is -2.35. The molecule has 3 N–H and O–H groups in total. The Bertz CT molecular complexity index is 882. The Morgan fingerprint density at radius 3 is 2.50 bits per heavy atom. The maximum atomic E-state index is 13.6. The van der Waals surface area contributed by atoms with Crippen molar-refractivity contribution in [3.05, 3.63) is 53.6 Å². The Morgan fingerprint density at radius 1 is 1.27 bits per heavy atom. The van der Waals surface area contributed by atoms with Gasteiger partial charge in [0.2, 0.25) is 5.60 Å². The van der Waals surface area contributed by atoms with Crippen molar-refractivity contribution in [2.24, 2.45) is 12.0 Å². The Kier molecular flexibility index (Phi) is 7.40. The number of imidazole rings is 1. The Balaban J connectivity index is 2.16. The lowest BCUT2D eigenvalue weighted by Gasteiger charge is -2.29. The van der Waals surface area contributed by atoms with Crippen molar-refractivity contribution in [1.29, 1.82) is 0 Å². The zero-order valence-electron chi connectivity index (χ0n) is 16.8. The molecule has 0 amide bonds. The van der Waals surface area contributed by atoms with E-state index >= 15 is 0 Å². The van der Waals surface area contributed by atoms with Crippen molar-refractivity contribution in [3.63, 3.8) is 0 Å². The van der Waals surface area contributed by atoms with Gasteiger partial charge in [0.05, 0.1) is 6.04 Å². The Labute approximate surface area is 170 Å². The van der Waals surface area contributed by atoms with Gasteiger partial charge < -0.3 is 20.3 Å². The number of alkyl halides is 3. The average molecular weight is 433 g/mol. The van der Waals surface area contributed by atoms with E-state index in [0.717, 1.165) is 16.7 Å². The molecule has 0 saturated carbocycles. The number of rotatable bonds is 7. The van der Waals surface area contributed by atoms with Crippen molar-refractivity contribution in [2.75, 3.05) is 13.1 Å². The van der Waals surface area contributed by atoms with Crippen LogP contribution in [0.3, 0.4) is 0 Å². The lowest BCUT2D eigenvalue weighted by molar-refractivity contribution is -0.272. The van der Waals surface area contributed by atoms with Gasteiger partial charge in [-0.05, 0) is 31.5 Å². The molecule has 0 radical (unpaired) electrons. The fraction of sp³-hybridized carbons (Fsp3) is 0.474. The summed E-state index contributed by atoms with van der Waals surface area (Å²) in [7, 11) is 1.36. The highest BCUT2D eigenvalue weighted by atomic mass is 19.4. The normalized spacial score (nSPS) is 15.6. The fourth-order valence-corrected chi connectivity index (χ4v) is 2.86. The van der Waals surface area contributed by atoms with Gasteiger partial charge in [0.15, 0.2) is 17.6 Å².